The van der Waals surface area contributed by atoms with Gasteiger partial charge >= 0.3 is 0 Å². The standard InChI is InChI=1S/C18H28O3S.C8H17NOS/c1-3-4-5-6-7-8-11-22(19)15(2)12-16-9-10-17-18(13-16)21-14-20-17;1-6(2)5-7(3)9-8(10)11-4/h9-10,13,15H,3-8,11-12,14H2,1-2H3;6-7H,5H2,1-4H3,(H,9,10). The van der Waals surface area contributed by atoms with Crippen LogP contribution in [0.1, 0.15) is 85.1 Å². The van der Waals surface area contributed by atoms with E-state index in [4.69, 9.17) is 9.47 Å². The minimum atomic E-state index is -0.743. The number of rotatable bonds is 13. The first-order valence-electron chi connectivity index (χ1n) is 12.4. The highest BCUT2D eigenvalue weighted by atomic mass is 32.2. The quantitative estimate of drug-likeness (QED) is 0.298. The first-order valence-corrected chi connectivity index (χ1v) is 15.0. The number of benzene rings is 1. The van der Waals surface area contributed by atoms with Gasteiger partial charge in [-0.2, -0.15) is 0 Å². The van der Waals surface area contributed by atoms with E-state index in [0.29, 0.717) is 18.8 Å². The van der Waals surface area contributed by atoms with Crippen molar-refractivity contribution >= 4 is 27.8 Å². The van der Waals surface area contributed by atoms with Crippen molar-refractivity contribution in [2.24, 2.45) is 5.92 Å². The Labute approximate surface area is 208 Å². The highest BCUT2D eigenvalue weighted by Crippen LogP contribution is 2.33. The number of unbranched alkanes of at least 4 members (excludes halogenated alkanes) is 5. The molecule has 5 nitrogen and oxygen atoms in total. The van der Waals surface area contributed by atoms with Gasteiger partial charge in [-0.05, 0) is 56.1 Å². The molecule has 3 atom stereocenters. The lowest BCUT2D eigenvalue weighted by atomic mass is 10.1. The Kier molecular flexibility index (Phi) is 15.6. The van der Waals surface area contributed by atoms with Crippen molar-refractivity contribution in [3.8, 4) is 11.5 Å². The summed E-state index contributed by atoms with van der Waals surface area (Å²) < 4.78 is 23.0. The minimum Gasteiger partial charge on any atom is -0.454 e. The summed E-state index contributed by atoms with van der Waals surface area (Å²) in [4.78, 5) is 10.9. The molecule has 1 amide bonds. The third-order valence-electron chi connectivity index (χ3n) is 5.48. The number of fused-ring (bicyclic) bond motifs is 1. The number of ether oxygens (including phenoxy) is 2. The number of hydrogen-bond donors (Lipinski definition) is 1. The molecule has 33 heavy (non-hydrogen) atoms. The fourth-order valence-electron chi connectivity index (χ4n) is 3.74. The number of carbonyl (C=O) groups is 1. The molecular weight excluding hydrogens is 454 g/mol. The van der Waals surface area contributed by atoms with Crippen LogP contribution in [-0.4, -0.2) is 39.5 Å². The molecule has 0 aromatic heterocycles. The zero-order valence-corrected chi connectivity index (χ0v) is 23.1. The van der Waals surface area contributed by atoms with E-state index in [-0.39, 0.29) is 10.5 Å². The van der Waals surface area contributed by atoms with Gasteiger partial charge in [0.05, 0.1) is 0 Å². The van der Waals surface area contributed by atoms with Gasteiger partial charge in [0.25, 0.3) is 5.24 Å². The Bertz CT molecular complexity index is 712. The van der Waals surface area contributed by atoms with Gasteiger partial charge in [-0.3, -0.25) is 9.00 Å². The van der Waals surface area contributed by atoms with Crippen LogP contribution >= 0.6 is 11.8 Å². The molecular formula is C26H45NO4S2. The molecule has 3 unspecified atom stereocenters. The van der Waals surface area contributed by atoms with Crippen molar-refractivity contribution in [2.45, 2.75) is 97.3 Å². The number of carbonyl (C=O) groups excluding carboxylic acids is 1. The maximum Gasteiger partial charge on any atom is 0.278 e. The van der Waals surface area contributed by atoms with Crippen molar-refractivity contribution in [3.63, 3.8) is 0 Å². The van der Waals surface area contributed by atoms with E-state index in [0.717, 1.165) is 36.5 Å². The SMILES string of the molecule is CCCCCCCCS(=O)C(C)Cc1ccc2c(c1)OCO2.CSC(=O)NC(C)CC(C)C. The Morgan fingerprint density at radius 3 is 2.39 bits per heavy atom. The smallest absolute Gasteiger partial charge is 0.278 e. The molecule has 1 aliphatic rings. The van der Waals surface area contributed by atoms with Crippen molar-refractivity contribution in [1.29, 1.82) is 0 Å². The monoisotopic (exact) mass is 499 g/mol. The minimum absolute atomic E-state index is 0.0677. The summed E-state index contributed by atoms with van der Waals surface area (Å²) >= 11 is 1.23. The molecule has 0 bridgehead atoms. The molecule has 1 aromatic rings. The van der Waals surface area contributed by atoms with Gasteiger partial charge in [0.15, 0.2) is 11.5 Å². The lowest BCUT2D eigenvalue weighted by Crippen LogP contribution is -2.30. The maximum absolute atomic E-state index is 12.3. The van der Waals surface area contributed by atoms with Crippen molar-refractivity contribution in [3.05, 3.63) is 23.8 Å². The molecule has 0 fully saturated rings. The molecule has 1 N–H and O–H groups in total. The Hall–Kier alpha value is -1.21. The van der Waals surface area contributed by atoms with E-state index in [2.05, 4.69) is 33.0 Å². The second-order valence-electron chi connectivity index (χ2n) is 9.22. The maximum atomic E-state index is 12.3. The van der Waals surface area contributed by atoms with Crippen LogP contribution in [0.2, 0.25) is 0 Å². The Balaban J connectivity index is 0.000000420. The molecule has 0 saturated heterocycles. The van der Waals surface area contributed by atoms with Crippen LogP contribution in [0.3, 0.4) is 0 Å². The fourth-order valence-corrected chi connectivity index (χ4v) is 5.33. The van der Waals surface area contributed by atoms with Gasteiger partial charge in [0.1, 0.15) is 0 Å². The second-order valence-corrected chi connectivity index (χ2v) is 12.0. The largest absolute Gasteiger partial charge is 0.454 e. The van der Waals surface area contributed by atoms with Crippen LogP contribution in [0.4, 0.5) is 4.79 Å². The number of hydrogen-bond acceptors (Lipinski definition) is 5. The van der Waals surface area contributed by atoms with Gasteiger partial charge < -0.3 is 14.8 Å². The van der Waals surface area contributed by atoms with Gasteiger partial charge in [0, 0.05) is 27.8 Å². The molecule has 1 heterocycles. The normalized spacial score (nSPS) is 14.9. The summed E-state index contributed by atoms with van der Waals surface area (Å²) in [6.07, 6.45) is 11.2. The van der Waals surface area contributed by atoms with Crippen LogP contribution < -0.4 is 14.8 Å². The van der Waals surface area contributed by atoms with E-state index in [1.54, 1.807) is 6.26 Å². The fraction of sp³-hybridized carbons (Fsp3) is 0.731. The third-order valence-corrected chi connectivity index (χ3v) is 7.73. The summed E-state index contributed by atoms with van der Waals surface area (Å²) in [5, 5.41) is 3.14. The summed E-state index contributed by atoms with van der Waals surface area (Å²) in [6.45, 7) is 11.0. The number of nitrogens with one attached hydrogen (secondary N) is 1. The average molecular weight is 500 g/mol. The lowest BCUT2D eigenvalue weighted by Gasteiger charge is -2.14. The predicted octanol–water partition coefficient (Wildman–Crippen LogP) is 6.95. The zero-order valence-electron chi connectivity index (χ0n) is 21.5. The first kappa shape index (κ1) is 29.8. The number of amides is 1. The predicted molar refractivity (Wildman–Crippen MR) is 143 cm³/mol. The molecule has 0 spiro atoms. The van der Waals surface area contributed by atoms with E-state index < -0.39 is 10.8 Å². The Morgan fingerprint density at radius 1 is 1.06 bits per heavy atom. The lowest BCUT2D eigenvalue weighted by molar-refractivity contribution is 0.174. The number of thioether (sulfide) groups is 1. The van der Waals surface area contributed by atoms with Crippen LogP contribution in [0.25, 0.3) is 0 Å². The first-order chi connectivity index (χ1) is 15.8. The van der Waals surface area contributed by atoms with Crippen molar-refractivity contribution < 1.29 is 18.5 Å². The molecule has 0 radical (unpaired) electrons. The molecule has 1 aromatic carbocycles. The summed E-state index contributed by atoms with van der Waals surface area (Å²) in [7, 11) is -0.743. The molecule has 0 saturated carbocycles. The van der Waals surface area contributed by atoms with Crippen LogP contribution in [0.15, 0.2) is 18.2 Å². The van der Waals surface area contributed by atoms with E-state index >= 15 is 0 Å². The van der Waals surface area contributed by atoms with Gasteiger partial charge in [-0.1, -0.05) is 77.6 Å². The van der Waals surface area contributed by atoms with E-state index in [1.165, 1.54) is 49.4 Å². The van der Waals surface area contributed by atoms with Crippen molar-refractivity contribution in [1.82, 2.24) is 5.32 Å². The average Bonchev–Trinajstić information content (AvgIpc) is 3.23. The zero-order chi connectivity index (χ0) is 24.6. The van der Waals surface area contributed by atoms with E-state index in [1.807, 2.05) is 25.1 Å². The van der Waals surface area contributed by atoms with Crippen LogP contribution in [0, 0.1) is 5.92 Å². The summed E-state index contributed by atoms with van der Waals surface area (Å²) in [5.41, 5.74) is 1.17. The van der Waals surface area contributed by atoms with Gasteiger partial charge in [-0.15, -0.1) is 0 Å². The summed E-state index contributed by atoms with van der Waals surface area (Å²) in [6, 6.07) is 6.31. The highest BCUT2D eigenvalue weighted by Gasteiger charge is 2.16. The van der Waals surface area contributed by atoms with Gasteiger partial charge in [-0.25, -0.2) is 0 Å². The molecule has 0 aliphatic carbocycles. The topological polar surface area (TPSA) is 64.6 Å². The van der Waals surface area contributed by atoms with E-state index in [9.17, 15) is 9.00 Å². The van der Waals surface area contributed by atoms with Crippen LogP contribution in [-0.2, 0) is 17.2 Å². The van der Waals surface area contributed by atoms with Gasteiger partial charge in [0.2, 0.25) is 6.79 Å². The summed E-state index contributed by atoms with van der Waals surface area (Å²) in [5.74, 6) is 3.10. The molecule has 1 aliphatic heterocycles. The molecule has 7 heteroatoms. The van der Waals surface area contributed by atoms with Crippen molar-refractivity contribution in [2.75, 3.05) is 18.8 Å². The molecule has 190 valence electrons. The molecule has 2 rings (SSSR count). The highest BCUT2D eigenvalue weighted by molar-refractivity contribution is 8.12. The second kappa shape index (κ2) is 17.3. The Morgan fingerprint density at radius 2 is 1.73 bits per heavy atom. The van der Waals surface area contributed by atoms with Crippen LogP contribution in [0.5, 0.6) is 11.5 Å². The third kappa shape index (κ3) is 13.3.